The second kappa shape index (κ2) is 8.86. The summed E-state index contributed by atoms with van der Waals surface area (Å²) in [4.78, 5) is 27.9. The van der Waals surface area contributed by atoms with E-state index in [1.54, 1.807) is 31.1 Å². The maximum absolute atomic E-state index is 5.86. The van der Waals surface area contributed by atoms with Crippen molar-refractivity contribution in [1.29, 1.82) is 0 Å². The van der Waals surface area contributed by atoms with Crippen LogP contribution in [0.4, 0.5) is 0 Å². The van der Waals surface area contributed by atoms with Gasteiger partial charge in [0.15, 0.2) is 17.1 Å². The third kappa shape index (κ3) is 4.05. The molecular formula is C25H24N10O. The van der Waals surface area contributed by atoms with Gasteiger partial charge in [0.05, 0.1) is 29.3 Å². The number of rotatable bonds is 7. The van der Waals surface area contributed by atoms with Gasteiger partial charge in [-0.3, -0.25) is 10.1 Å². The zero-order valence-corrected chi connectivity index (χ0v) is 20.1. The number of imidazole rings is 2. The van der Waals surface area contributed by atoms with Crippen molar-refractivity contribution in [2.75, 3.05) is 27.2 Å². The summed E-state index contributed by atoms with van der Waals surface area (Å²) in [6, 6.07) is 5.93. The molecule has 11 heteroatoms. The average Bonchev–Trinajstić information content (AvgIpc) is 3.61. The van der Waals surface area contributed by atoms with Gasteiger partial charge in [0.25, 0.3) is 0 Å². The van der Waals surface area contributed by atoms with E-state index in [0.717, 1.165) is 45.6 Å². The van der Waals surface area contributed by atoms with Gasteiger partial charge in [-0.25, -0.2) is 19.9 Å². The maximum atomic E-state index is 5.86. The third-order valence-corrected chi connectivity index (χ3v) is 5.86. The van der Waals surface area contributed by atoms with Crippen molar-refractivity contribution in [2.45, 2.75) is 6.92 Å². The van der Waals surface area contributed by atoms with E-state index in [1.807, 2.05) is 50.0 Å². The standard InChI is InChI=1S/C25H24N10O/c1-15-13-35(14-29-15)20-4-5-27-24-22(20)30-25(31-24)21-19-9-17(11-28-23(19)33-32-21)16-8-18(12-26-10-16)36-7-6-34(2)3/h4-5,8-14H,6-7H2,1-3H3,(H,27,30,31)(H,28,32,33). The second-order valence-electron chi connectivity index (χ2n) is 8.79. The summed E-state index contributed by atoms with van der Waals surface area (Å²) in [6.07, 6.45) is 10.8. The lowest BCUT2D eigenvalue weighted by atomic mass is 10.1. The van der Waals surface area contributed by atoms with Crippen molar-refractivity contribution in [3.63, 3.8) is 0 Å². The molecule has 0 radical (unpaired) electrons. The van der Waals surface area contributed by atoms with Crippen molar-refractivity contribution in [2.24, 2.45) is 0 Å². The quantitative estimate of drug-likeness (QED) is 0.356. The molecule has 0 spiro atoms. The molecule has 0 saturated heterocycles. The minimum Gasteiger partial charge on any atom is -0.491 e. The normalized spacial score (nSPS) is 11.7. The van der Waals surface area contributed by atoms with Gasteiger partial charge in [-0.1, -0.05) is 0 Å². The minimum atomic E-state index is 0.585. The lowest BCUT2D eigenvalue weighted by Crippen LogP contribution is -2.19. The van der Waals surface area contributed by atoms with Gasteiger partial charge >= 0.3 is 0 Å². The van der Waals surface area contributed by atoms with E-state index in [-0.39, 0.29) is 0 Å². The van der Waals surface area contributed by atoms with E-state index >= 15 is 0 Å². The molecular weight excluding hydrogens is 456 g/mol. The van der Waals surface area contributed by atoms with Gasteiger partial charge in [0.2, 0.25) is 0 Å². The summed E-state index contributed by atoms with van der Waals surface area (Å²) >= 11 is 0. The van der Waals surface area contributed by atoms with Crippen LogP contribution in [0.25, 0.3) is 50.5 Å². The van der Waals surface area contributed by atoms with Crippen LogP contribution >= 0.6 is 0 Å². The second-order valence-corrected chi connectivity index (χ2v) is 8.79. The summed E-state index contributed by atoms with van der Waals surface area (Å²) in [5.74, 6) is 1.34. The van der Waals surface area contributed by atoms with Crippen LogP contribution in [0.1, 0.15) is 5.69 Å². The van der Waals surface area contributed by atoms with E-state index in [9.17, 15) is 0 Å². The Morgan fingerprint density at radius 2 is 1.92 bits per heavy atom. The van der Waals surface area contributed by atoms with Gasteiger partial charge in [-0.2, -0.15) is 5.10 Å². The summed E-state index contributed by atoms with van der Waals surface area (Å²) in [5.41, 5.74) is 6.40. The molecule has 6 aromatic rings. The van der Waals surface area contributed by atoms with Gasteiger partial charge in [0, 0.05) is 42.5 Å². The number of H-pyrrole nitrogens is 2. The monoisotopic (exact) mass is 480 g/mol. The van der Waals surface area contributed by atoms with Crippen molar-refractivity contribution in [3.8, 4) is 34.1 Å². The molecule has 0 bridgehead atoms. The molecule has 36 heavy (non-hydrogen) atoms. The van der Waals surface area contributed by atoms with E-state index in [2.05, 4.69) is 40.0 Å². The lowest BCUT2D eigenvalue weighted by Gasteiger charge is -2.11. The smallest absolute Gasteiger partial charge is 0.181 e. The van der Waals surface area contributed by atoms with Crippen LogP contribution in [0.2, 0.25) is 0 Å². The van der Waals surface area contributed by atoms with Crippen molar-refractivity contribution >= 4 is 22.2 Å². The summed E-state index contributed by atoms with van der Waals surface area (Å²) < 4.78 is 7.81. The molecule has 6 rings (SSSR count). The average molecular weight is 481 g/mol. The van der Waals surface area contributed by atoms with Crippen LogP contribution in [-0.4, -0.2) is 76.8 Å². The maximum Gasteiger partial charge on any atom is 0.181 e. The highest BCUT2D eigenvalue weighted by Crippen LogP contribution is 2.30. The molecule has 0 atom stereocenters. The van der Waals surface area contributed by atoms with Gasteiger partial charge in [-0.05, 0) is 39.2 Å². The minimum absolute atomic E-state index is 0.585. The molecule has 0 unspecified atom stereocenters. The molecule has 0 aliphatic rings. The number of aryl methyl sites for hydroxylation is 1. The largest absolute Gasteiger partial charge is 0.491 e. The molecule has 0 saturated carbocycles. The number of aromatic amines is 2. The number of nitrogens with zero attached hydrogens (tertiary/aromatic N) is 8. The van der Waals surface area contributed by atoms with Gasteiger partial charge in [0.1, 0.15) is 23.6 Å². The first-order chi connectivity index (χ1) is 17.5. The van der Waals surface area contributed by atoms with E-state index < -0.39 is 0 Å². The van der Waals surface area contributed by atoms with Crippen LogP contribution in [0, 0.1) is 6.92 Å². The molecule has 0 aliphatic carbocycles. The number of likely N-dealkylation sites (N-methyl/N-ethyl adjacent to an activating group) is 1. The third-order valence-electron chi connectivity index (χ3n) is 5.86. The number of hydrogen-bond acceptors (Lipinski definition) is 8. The molecule has 0 amide bonds. The predicted octanol–water partition coefficient (Wildman–Crippen LogP) is 3.39. The Kier molecular flexibility index (Phi) is 5.38. The Hall–Kier alpha value is -4.64. The van der Waals surface area contributed by atoms with Crippen molar-refractivity contribution in [1.82, 2.24) is 49.6 Å². The van der Waals surface area contributed by atoms with E-state index in [4.69, 9.17) is 9.72 Å². The van der Waals surface area contributed by atoms with E-state index in [1.165, 1.54) is 0 Å². The molecule has 6 aromatic heterocycles. The van der Waals surface area contributed by atoms with Crippen LogP contribution in [0.3, 0.4) is 0 Å². The molecule has 11 nitrogen and oxygen atoms in total. The highest BCUT2D eigenvalue weighted by molar-refractivity contribution is 5.94. The first kappa shape index (κ1) is 21.9. The van der Waals surface area contributed by atoms with Crippen molar-refractivity contribution < 1.29 is 4.74 Å². The topological polar surface area (TPSA) is 126 Å². The van der Waals surface area contributed by atoms with E-state index in [0.29, 0.717) is 29.5 Å². The SMILES string of the molecule is Cc1cn(-c2ccnc3nc(-c4[nH]nc5ncc(-c6cncc(OCCN(C)C)c6)cc45)[nH]c23)cn1. The highest BCUT2D eigenvalue weighted by Gasteiger charge is 2.17. The summed E-state index contributed by atoms with van der Waals surface area (Å²) in [6.45, 7) is 3.36. The number of ether oxygens (including phenoxy) is 1. The molecule has 6 heterocycles. The fourth-order valence-corrected chi connectivity index (χ4v) is 4.02. The van der Waals surface area contributed by atoms with Crippen LogP contribution in [0.15, 0.2) is 55.5 Å². The number of nitrogens with one attached hydrogen (secondary N) is 2. The van der Waals surface area contributed by atoms with Gasteiger partial charge < -0.3 is 19.2 Å². The Balaban J connectivity index is 1.37. The molecule has 180 valence electrons. The number of fused-ring (bicyclic) bond motifs is 2. The molecule has 0 fully saturated rings. The Morgan fingerprint density at radius 3 is 2.75 bits per heavy atom. The first-order valence-corrected chi connectivity index (χ1v) is 11.5. The Labute approximate surface area is 206 Å². The lowest BCUT2D eigenvalue weighted by molar-refractivity contribution is 0.261. The fourth-order valence-electron chi connectivity index (χ4n) is 4.02. The van der Waals surface area contributed by atoms with Crippen LogP contribution in [-0.2, 0) is 0 Å². The molecule has 0 aromatic carbocycles. The number of pyridine rings is 3. The van der Waals surface area contributed by atoms with Crippen molar-refractivity contribution in [3.05, 3.63) is 61.2 Å². The summed E-state index contributed by atoms with van der Waals surface area (Å²) in [5, 5.41) is 8.30. The van der Waals surface area contributed by atoms with Crippen LogP contribution < -0.4 is 4.74 Å². The Morgan fingerprint density at radius 1 is 1.03 bits per heavy atom. The van der Waals surface area contributed by atoms with Crippen LogP contribution in [0.5, 0.6) is 5.75 Å². The zero-order valence-electron chi connectivity index (χ0n) is 20.1. The Bertz CT molecular complexity index is 1680. The summed E-state index contributed by atoms with van der Waals surface area (Å²) in [7, 11) is 4.03. The first-order valence-electron chi connectivity index (χ1n) is 11.5. The fraction of sp³-hybridized carbons (Fsp3) is 0.200. The number of hydrogen-bond donors (Lipinski definition) is 2. The predicted molar refractivity (Wildman–Crippen MR) is 136 cm³/mol. The molecule has 0 aliphatic heterocycles. The number of aromatic nitrogens is 9. The zero-order chi connectivity index (χ0) is 24.6. The van der Waals surface area contributed by atoms with Gasteiger partial charge in [-0.15, -0.1) is 0 Å². The molecule has 2 N–H and O–H groups in total. The highest BCUT2D eigenvalue weighted by atomic mass is 16.5.